The minimum atomic E-state index is -4.54. The molecule has 0 radical (unpaired) electrons. The molecule has 0 saturated carbocycles. The van der Waals surface area contributed by atoms with E-state index >= 15 is 0 Å². The molecule has 8 nitrogen and oxygen atoms in total. The van der Waals surface area contributed by atoms with Gasteiger partial charge < -0.3 is 25.0 Å². The minimum Gasteiger partial charge on any atom is -0.496 e. The number of carbonyl (C=O) groups is 2. The van der Waals surface area contributed by atoms with E-state index in [0.717, 1.165) is 11.6 Å². The molecule has 1 aromatic heterocycles. The third-order valence-corrected chi connectivity index (χ3v) is 7.87. The summed E-state index contributed by atoms with van der Waals surface area (Å²) in [5, 5.41) is 6.11. The third-order valence-electron chi connectivity index (χ3n) is 6.77. The molecule has 214 valence electrons. The molecule has 12 heteroatoms. The van der Waals surface area contributed by atoms with Crippen molar-refractivity contribution in [3.05, 3.63) is 59.7 Å². The van der Waals surface area contributed by atoms with Crippen molar-refractivity contribution in [2.75, 3.05) is 31.0 Å². The SMILES string of the molecule is C=C(CC(C)NC(=O)c1ccccc1NC(=O)c1c(OC)ccc2nc(N3C(C)CC3COC)sc12)C(F)(F)F. The van der Waals surface area contributed by atoms with Gasteiger partial charge in [0.05, 0.1) is 41.2 Å². The first-order valence-electron chi connectivity index (χ1n) is 12.7. The summed E-state index contributed by atoms with van der Waals surface area (Å²) in [4.78, 5) is 33.6. The zero-order valence-corrected chi connectivity index (χ0v) is 23.4. The van der Waals surface area contributed by atoms with Crippen LogP contribution in [0.2, 0.25) is 0 Å². The molecule has 2 aromatic carbocycles. The lowest BCUT2D eigenvalue weighted by Gasteiger charge is -2.46. The van der Waals surface area contributed by atoms with Crippen molar-refractivity contribution in [1.29, 1.82) is 0 Å². The maximum absolute atomic E-state index is 13.6. The Kier molecular flexibility index (Phi) is 8.69. The first-order chi connectivity index (χ1) is 18.9. The lowest BCUT2D eigenvalue weighted by atomic mass is 9.96. The zero-order chi connectivity index (χ0) is 29.2. The highest BCUT2D eigenvalue weighted by atomic mass is 32.1. The van der Waals surface area contributed by atoms with Gasteiger partial charge in [0.15, 0.2) is 5.13 Å². The average molecular weight is 577 g/mol. The fraction of sp³-hybridized carbons (Fsp3) is 0.393. The van der Waals surface area contributed by atoms with Crippen molar-refractivity contribution in [2.45, 2.75) is 51.0 Å². The first kappa shape index (κ1) is 29.3. The molecule has 1 aliphatic rings. The second kappa shape index (κ2) is 11.8. The number of halogens is 3. The number of methoxy groups -OCH3 is 2. The molecule has 4 rings (SSSR count). The van der Waals surface area contributed by atoms with Crippen molar-refractivity contribution >= 4 is 44.2 Å². The first-order valence-corrected chi connectivity index (χ1v) is 13.5. The van der Waals surface area contributed by atoms with E-state index in [9.17, 15) is 22.8 Å². The smallest absolute Gasteiger partial charge is 0.412 e. The van der Waals surface area contributed by atoms with Gasteiger partial charge in [-0.25, -0.2) is 4.98 Å². The second-order valence-corrected chi connectivity index (χ2v) is 10.7. The molecule has 40 heavy (non-hydrogen) atoms. The highest BCUT2D eigenvalue weighted by Gasteiger charge is 2.37. The van der Waals surface area contributed by atoms with Gasteiger partial charge in [0.1, 0.15) is 11.3 Å². The molecule has 2 N–H and O–H groups in total. The molecule has 3 aromatic rings. The van der Waals surface area contributed by atoms with Crippen LogP contribution in [0.15, 0.2) is 48.6 Å². The van der Waals surface area contributed by atoms with Gasteiger partial charge in [-0.05, 0) is 51.0 Å². The average Bonchev–Trinajstić information content (AvgIpc) is 3.29. The van der Waals surface area contributed by atoms with E-state index in [4.69, 9.17) is 14.5 Å². The number of aromatic nitrogens is 1. The van der Waals surface area contributed by atoms with Gasteiger partial charge in [0, 0.05) is 24.8 Å². The third kappa shape index (κ3) is 6.07. The summed E-state index contributed by atoms with van der Waals surface area (Å²) in [6, 6.07) is 9.38. The molecule has 3 atom stereocenters. The number of rotatable bonds is 10. The Balaban J connectivity index is 1.59. The molecule has 0 bridgehead atoms. The lowest BCUT2D eigenvalue weighted by molar-refractivity contribution is -0.0941. The molecular formula is C28H31F3N4O4S. The second-order valence-electron chi connectivity index (χ2n) is 9.77. The quantitative estimate of drug-likeness (QED) is 0.297. The van der Waals surface area contributed by atoms with Crippen LogP contribution < -0.4 is 20.3 Å². The van der Waals surface area contributed by atoms with Gasteiger partial charge in [-0.15, -0.1) is 0 Å². The number of para-hydroxylation sites is 1. The Morgan fingerprint density at radius 2 is 1.93 bits per heavy atom. The van der Waals surface area contributed by atoms with Gasteiger partial charge in [-0.1, -0.05) is 30.0 Å². The number of fused-ring (bicyclic) bond motifs is 1. The molecule has 1 aliphatic heterocycles. The van der Waals surface area contributed by atoms with E-state index in [1.54, 1.807) is 37.4 Å². The topological polar surface area (TPSA) is 92.8 Å². The maximum Gasteiger partial charge on any atom is 0.412 e. The van der Waals surface area contributed by atoms with Crippen molar-refractivity contribution in [3.63, 3.8) is 0 Å². The number of thiazole rings is 1. The number of nitrogens with one attached hydrogen (secondary N) is 2. The van der Waals surface area contributed by atoms with E-state index < -0.39 is 36.0 Å². The summed E-state index contributed by atoms with van der Waals surface area (Å²) in [6.07, 6.45) is -4.03. The highest BCUT2D eigenvalue weighted by molar-refractivity contribution is 7.22. The van der Waals surface area contributed by atoms with Crippen LogP contribution in [-0.2, 0) is 4.74 Å². The van der Waals surface area contributed by atoms with Crippen LogP contribution in [0.1, 0.15) is 47.4 Å². The number of amides is 2. The van der Waals surface area contributed by atoms with Crippen LogP contribution in [0, 0.1) is 0 Å². The van der Waals surface area contributed by atoms with Crippen molar-refractivity contribution in [1.82, 2.24) is 10.3 Å². The summed E-state index contributed by atoms with van der Waals surface area (Å²) in [7, 11) is 3.12. The van der Waals surface area contributed by atoms with Gasteiger partial charge >= 0.3 is 6.18 Å². The highest BCUT2D eigenvalue weighted by Crippen LogP contribution is 2.41. The van der Waals surface area contributed by atoms with Crippen molar-refractivity contribution in [2.24, 2.45) is 0 Å². The van der Waals surface area contributed by atoms with Crippen LogP contribution in [0.3, 0.4) is 0 Å². The van der Waals surface area contributed by atoms with Crippen LogP contribution >= 0.6 is 11.3 Å². The predicted molar refractivity (Wildman–Crippen MR) is 150 cm³/mol. The molecule has 1 fully saturated rings. The number of nitrogens with zero attached hydrogens (tertiary/aromatic N) is 2. The Hall–Kier alpha value is -3.64. The van der Waals surface area contributed by atoms with E-state index in [-0.39, 0.29) is 28.9 Å². The Morgan fingerprint density at radius 3 is 2.58 bits per heavy atom. The normalized spacial score (nSPS) is 17.7. The Labute approximate surface area is 234 Å². The van der Waals surface area contributed by atoms with Crippen molar-refractivity contribution in [3.8, 4) is 5.75 Å². The summed E-state index contributed by atoms with van der Waals surface area (Å²) < 4.78 is 50.1. The van der Waals surface area contributed by atoms with Crippen LogP contribution in [-0.4, -0.2) is 61.9 Å². The minimum absolute atomic E-state index is 0.105. The predicted octanol–water partition coefficient (Wildman–Crippen LogP) is 5.80. The number of carbonyl (C=O) groups excluding carboxylic acids is 2. The number of alkyl halides is 3. The van der Waals surface area contributed by atoms with Crippen LogP contribution in [0.5, 0.6) is 5.75 Å². The van der Waals surface area contributed by atoms with Crippen LogP contribution in [0.25, 0.3) is 10.2 Å². The molecule has 3 unspecified atom stereocenters. The van der Waals surface area contributed by atoms with E-state index in [1.165, 1.54) is 31.4 Å². The molecule has 0 spiro atoms. The molecular weight excluding hydrogens is 545 g/mol. The summed E-state index contributed by atoms with van der Waals surface area (Å²) in [5.74, 6) is -0.799. The van der Waals surface area contributed by atoms with Crippen LogP contribution in [0.4, 0.5) is 24.0 Å². The largest absolute Gasteiger partial charge is 0.496 e. The van der Waals surface area contributed by atoms with Gasteiger partial charge in [-0.3, -0.25) is 9.59 Å². The maximum atomic E-state index is 13.6. The number of benzene rings is 2. The fourth-order valence-corrected chi connectivity index (χ4v) is 6.07. The number of hydrogen-bond acceptors (Lipinski definition) is 7. The number of ether oxygens (including phenoxy) is 2. The standard InChI is InChI=1S/C28H31F3N4O4S/c1-15(28(29,30)31)12-16(2)32-25(36)19-8-6-7-9-20(19)33-26(37)23-22(39-5)11-10-21-24(23)40-27(34-21)35-17(3)13-18(35)14-38-4/h6-11,16-18H,1,12-14H2,2-5H3,(H,32,36)(H,33,37). The fourth-order valence-electron chi connectivity index (χ4n) is 4.80. The van der Waals surface area contributed by atoms with Crippen molar-refractivity contribution < 1.29 is 32.2 Å². The molecule has 0 aliphatic carbocycles. The van der Waals surface area contributed by atoms with E-state index in [1.807, 2.05) is 0 Å². The summed E-state index contributed by atoms with van der Waals surface area (Å²) in [6.45, 7) is 7.19. The monoisotopic (exact) mass is 576 g/mol. The van der Waals surface area contributed by atoms with E-state index in [0.29, 0.717) is 22.6 Å². The molecule has 1 saturated heterocycles. The van der Waals surface area contributed by atoms with Gasteiger partial charge in [0.2, 0.25) is 0 Å². The lowest BCUT2D eigenvalue weighted by Crippen LogP contribution is -2.56. The molecule has 2 heterocycles. The summed E-state index contributed by atoms with van der Waals surface area (Å²) >= 11 is 1.38. The van der Waals surface area contributed by atoms with Gasteiger partial charge in [-0.2, -0.15) is 13.2 Å². The molecule has 2 amide bonds. The van der Waals surface area contributed by atoms with E-state index in [2.05, 4.69) is 29.0 Å². The Morgan fingerprint density at radius 1 is 1.20 bits per heavy atom. The Bertz CT molecular complexity index is 1420. The zero-order valence-electron chi connectivity index (χ0n) is 22.6. The van der Waals surface area contributed by atoms with Gasteiger partial charge in [0.25, 0.3) is 11.8 Å². The number of hydrogen-bond donors (Lipinski definition) is 2. The number of anilines is 2. The summed E-state index contributed by atoms with van der Waals surface area (Å²) in [5.41, 5.74) is 0.267.